The molecule has 5 rings (SSSR count). The maximum absolute atomic E-state index is 11.9. The van der Waals surface area contributed by atoms with Gasteiger partial charge in [-0.2, -0.15) is 15.5 Å². The fourth-order valence-electron chi connectivity index (χ4n) is 4.73. The normalized spacial score (nSPS) is 13.8. The molecule has 0 radical (unpaired) electrons. The number of carbonyl (C=O) groups is 1. The molecule has 1 aliphatic rings. The van der Waals surface area contributed by atoms with Crippen LogP contribution >= 0.6 is 0 Å². The number of rotatable bonds is 6. The van der Waals surface area contributed by atoms with Crippen LogP contribution in [0.3, 0.4) is 0 Å². The number of nitrogens with zero attached hydrogens (tertiary/aromatic N) is 7. The molecule has 8 heteroatoms. The summed E-state index contributed by atoms with van der Waals surface area (Å²) >= 11 is 0. The van der Waals surface area contributed by atoms with E-state index >= 15 is 0 Å². The number of nitriles is 1. The van der Waals surface area contributed by atoms with Crippen LogP contribution in [0.4, 0.5) is 5.69 Å². The number of hydrogen-bond acceptors (Lipinski definition) is 5. The minimum Gasteiger partial charge on any atom is -0.368 e. The summed E-state index contributed by atoms with van der Waals surface area (Å²) in [6.07, 6.45) is 8.87. The summed E-state index contributed by atoms with van der Waals surface area (Å²) in [5, 5.41) is 18.7. The molecule has 4 heterocycles. The van der Waals surface area contributed by atoms with Crippen molar-refractivity contribution in [2.75, 3.05) is 31.1 Å². The SMILES string of the molecule is C=CC(=O)N1CCN(c2ccc(-c3cc(-c4cnn(CC(C)C)c4)cn4ncc(C#N)c34)cc2)CC1. The zero-order valence-corrected chi connectivity index (χ0v) is 20.6. The number of hydrogen-bond donors (Lipinski definition) is 0. The van der Waals surface area contributed by atoms with Crippen LogP contribution in [0.5, 0.6) is 0 Å². The third-order valence-corrected chi connectivity index (χ3v) is 6.56. The molecule has 1 saturated heterocycles. The third-order valence-electron chi connectivity index (χ3n) is 6.56. The molecular weight excluding hydrogens is 450 g/mol. The first-order chi connectivity index (χ1) is 17.5. The van der Waals surface area contributed by atoms with E-state index in [0.717, 1.165) is 53.1 Å². The number of carbonyl (C=O) groups excluding carboxylic acids is 1. The maximum atomic E-state index is 11.9. The zero-order chi connectivity index (χ0) is 25.2. The lowest BCUT2D eigenvalue weighted by Gasteiger charge is -2.35. The Morgan fingerprint density at radius 2 is 1.81 bits per heavy atom. The van der Waals surface area contributed by atoms with Crippen molar-refractivity contribution in [1.82, 2.24) is 24.3 Å². The van der Waals surface area contributed by atoms with E-state index in [1.807, 2.05) is 22.0 Å². The molecule has 0 atom stereocenters. The van der Waals surface area contributed by atoms with E-state index in [2.05, 4.69) is 78.1 Å². The molecule has 182 valence electrons. The Morgan fingerprint density at radius 3 is 2.47 bits per heavy atom. The number of benzene rings is 1. The molecule has 0 spiro atoms. The van der Waals surface area contributed by atoms with E-state index in [0.29, 0.717) is 24.6 Å². The summed E-state index contributed by atoms with van der Waals surface area (Å²) in [6, 6.07) is 12.8. The number of fused-ring (bicyclic) bond motifs is 1. The largest absolute Gasteiger partial charge is 0.368 e. The van der Waals surface area contributed by atoms with Crippen molar-refractivity contribution >= 4 is 17.1 Å². The van der Waals surface area contributed by atoms with E-state index in [9.17, 15) is 10.1 Å². The minimum atomic E-state index is -0.0160. The molecule has 0 bridgehead atoms. The molecule has 4 aromatic rings. The van der Waals surface area contributed by atoms with Crippen LogP contribution in [0.15, 0.2) is 67.8 Å². The van der Waals surface area contributed by atoms with Crippen LogP contribution in [-0.4, -0.2) is 56.4 Å². The molecule has 1 amide bonds. The summed E-state index contributed by atoms with van der Waals surface area (Å²) in [5.41, 5.74) is 6.41. The first-order valence-corrected chi connectivity index (χ1v) is 12.2. The van der Waals surface area contributed by atoms with Crippen LogP contribution in [0.2, 0.25) is 0 Å². The molecule has 3 aromatic heterocycles. The lowest BCUT2D eigenvalue weighted by atomic mass is 9.99. The predicted octanol–water partition coefficient (Wildman–Crippen LogP) is 4.23. The highest BCUT2D eigenvalue weighted by Crippen LogP contribution is 2.33. The minimum absolute atomic E-state index is 0.0160. The van der Waals surface area contributed by atoms with Crippen LogP contribution < -0.4 is 4.90 Å². The van der Waals surface area contributed by atoms with Crippen molar-refractivity contribution in [1.29, 1.82) is 5.26 Å². The van der Waals surface area contributed by atoms with Gasteiger partial charge in [-0.25, -0.2) is 4.52 Å². The van der Waals surface area contributed by atoms with Gasteiger partial charge in [0.15, 0.2) is 0 Å². The first kappa shape index (κ1) is 23.4. The molecule has 0 unspecified atom stereocenters. The summed E-state index contributed by atoms with van der Waals surface area (Å²) in [4.78, 5) is 16.0. The number of aromatic nitrogens is 4. The van der Waals surface area contributed by atoms with Gasteiger partial charge in [0.2, 0.25) is 5.91 Å². The van der Waals surface area contributed by atoms with Gasteiger partial charge >= 0.3 is 0 Å². The monoisotopic (exact) mass is 479 g/mol. The van der Waals surface area contributed by atoms with Gasteiger partial charge in [-0.1, -0.05) is 32.6 Å². The average molecular weight is 480 g/mol. The van der Waals surface area contributed by atoms with Crippen LogP contribution in [0, 0.1) is 17.2 Å². The van der Waals surface area contributed by atoms with E-state index in [1.54, 1.807) is 10.7 Å². The number of pyridine rings is 1. The lowest BCUT2D eigenvalue weighted by molar-refractivity contribution is -0.126. The topological polar surface area (TPSA) is 82.5 Å². The summed E-state index contributed by atoms with van der Waals surface area (Å²) < 4.78 is 3.75. The average Bonchev–Trinajstić information content (AvgIpc) is 3.54. The van der Waals surface area contributed by atoms with Crippen molar-refractivity contribution in [2.45, 2.75) is 20.4 Å². The molecule has 0 N–H and O–H groups in total. The zero-order valence-electron chi connectivity index (χ0n) is 20.6. The number of amides is 1. The van der Waals surface area contributed by atoms with Crippen LogP contribution in [0.25, 0.3) is 27.8 Å². The number of anilines is 1. The Balaban J connectivity index is 1.47. The van der Waals surface area contributed by atoms with E-state index in [-0.39, 0.29) is 5.91 Å². The highest BCUT2D eigenvalue weighted by Gasteiger charge is 2.20. The first-order valence-electron chi connectivity index (χ1n) is 12.2. The van der Waals surface area contributed by atoms with Crippen molar-refractivity contribution in [3.63, 3.8) is 0 Å². The molecule has 1 aliphatic heterocycles. The smallest absolute Gasteiger partial charge is 0.246 e. The second kappa shape index (κ2) is 9.70. The Labute approximate surface area is 210 Å². The molecule has 0 saturated carbocycles. The fourth-order valence-corrected chi connectivity index (χ4v) is 4.73. The van der Waals surface area contributed by atoms with Gasteiger partial charge in [0.25, 0.3) is 0 Å². The summed E-state index contributed by atoms with van der Waals surface area (Å²) in [7, 11) is 0. The second-order valence-corrected chi connectivity index (χ2v) is 9.51. The molecular formula is C28H29N7O. The van der Waals surface area contributed by atoms with Crippen LogP contribution in [0.1, 0.15) is 19.4 Å². The Kier molecular flexibility index (Phi) is 6.30. The molecule has 36 heavy (non-hydrogen) atoms. The predicted molar refractivity (Wildman–Crippen MR) is 140 cm³/mol. The van der Waals surface area contributed by atoms with Crippen molar-refractivity contribution < 1.29 is 4.79 Å². The highest BCUT2D eigenvalue weighted by molar-refractivity contribution is 5.88. The molecule has 0 aliphatic carbocycles. The second-order valence-electron chi connectivity index (χ2n) is 9.51. The van der Waals surface area contributed by atoms with Gasteiger partial charge in [-0.3, -0.25) is 9.48 Å². The molecule has 1 aromatic carbocycles. The summed E-state index contributed by atoms with van der Waals surface area (Å²) in [5.74, 6) is 0.488. The van der Waals surface area contributed by atoms with Gasteiger partial charge in [0.05, 0.1) is 23.5 Å². The van der Waals surface area contributed by atoms with Gasteiger partial charge in [0, 0.05) is 67.5 Å². The van der Waals surface area contributed by atoms with E-state index in [4.69, 9.17) is 0 Å². The quantitative estimate of drug-likeness (QED) is 0.387. The van der Waals surface area contributed by atoms with Gasteiger partial charge in [-0.15, -0.1) is 0 Å². The van der Waals surface area contributed by atoms with E-state index in [1.165, 1.54) is 6.08 Å². The standard InChI is InChI=1S/C28H29N7O/c1-4-27(36)33-11-9-32(10-12-33)25-7-5-21(6-8-25)26-13-22(19-35-28(26)23(14-29)15-31-35)24-16-30-34(18-24)17-20(2)3/h4-8,13,15-16,18-20H,1,9-12,17H2,2-3H3. The Hall–Kier alpha value is -4.38. The van der Waals surface area contributed by atoms with Gasteiger partial charge < -0.3 is 9.80 Å². The Bertz CT molecular complexity index is 1450. The highest BCUT2D eigenvalue weighted by atomic mass is 16.2. The fraction of sp³-hybridized carbons (Fsp3) is 0.286. The maximum Gasteiger partial charge on any atom is 0.246 e. The van der Waals surface area contributed by atoms with Crippen molar-refractivity contribution in [2.24, 2.45) is 5.92 Å². The summed E-state index contributed by atoms with van der Waals surface area (Å²) in [6.45, 7) is 11.7. The van der Waals surface area contributed by atoms with Gasteiger partial charge in [0.1, 0.15) is 6.07 Å². The van der Waals surface area contributed by atoms with Crippen LogP contribution in [-0.2, 0) is 11.3 Å². The lowest BCUT2D eigenvalue weighted by Crippen LogP contribution is -2.48. The van der Waals surface area contributed by atoms with E-state index < -0.39 is 0 Å². The van der Waals surface area contributed by atoms with Gasteiger partial charge in [-0.05, 0) is 35.8 Å². The Morgan fingerprint density at radius 1 is 1.06 bits per heavy atom. The third kappa shape index (κ3) is 4.48. The van der Waals surface area contributed by atoms with Crippen molar-refractivity contribution in [3.05, 3.63) is 73.3 Å². The molecule has 1 fully saturated rings. The molecule has 8 nitrogen and oxygen atoms in total. The number of piperazine rings is 1. The van der Waals surface area contributed by atoms with Crippen molar-refractivity contribution in [3.8, 4) is 28.3 Å².